The lowest BCUT2D eigenvalue weighted by molar-refractivity contribution is -0.143. The van der Waals surface area contributed by atoms with Gasteiger partial charge in [-0.05, 0) is 12.5 Å². The van der Waals surface area contributed by atoms with Crippen LogP contribution in [0.4, 0.5) is 13.2 Å². The first-order valence-corrected chi connectivity index (χ1v) is 8.87. The summed E-state index contributed by atoms with van der Waals surface area (Å²) in [6, 6.07) is 7.60. The lowest BCUT2D eigenvalue weighted by Gasteiger charge is -2.19. The van der Waals surface area contributed by atoms with E-state index in [9.17, 15) is 13.2 Å². The van der Waals surface area contributed by atoms with E-state index in [1.54, 1.807) is 14.2 Å². The smallest absolute Gasteiger partial charge is 0.401 e. The first kappa shape index (κ1) is 24.8. The molecule has 0 bridgehead atoms. The molecule has 1 aromatic carbocycles. The summed E-state index contributed by atoms with van der Waals surface area (Å²) < 4.78 is 48.3. The predicted molar refractivity (Wildman–Crippen MR) is 113 cm³/mol. The summed E-state index contributed by atoms with van der Waals surface area (Å²) in [6.45, 7) is 1.35. The number of methoxy groups -OCH3 is 1. The van der Waals surface area contributed by atoms with Crippen LogP contribution in [0.15, 0.2) is 29.3 Å². The van der Waals surface area contributed by atoms with Gasteiger partial charge in [0.2, 0.25) is 0 Å². The molecule has 160 valence electrons. The van der Waals surface area contributed by atoms with Gasteiger partial charge in [0.05, 0.1) is 26.9 Å². The maximum atomic E-state index is 12.5. The number of hydrogen-bond acceptors (Lipinski definition) is 4. The van der Waals surface area contributed by atoms with Crippen molar-refractivity contribution in [2.24, 2.45) is 4.99 Å². The number of guanidine groups is 1. The normalized spacial score (nSPS) is 17.9. The molecule has 2 N–H and O–H groups in total. The molecule has 0 spiro atoms. The number of hydrogen-bond donors (Lipinski definition) is 2. The number of benzene rings is 1. The zero-order valence-electron chi connectivity index (χ0n) is 16.1. The van der Waals surface area contributed by atoms with Crippen LogP contribution in [-0.4, -0.2) is 70.0 Å². The molecule has 0 saturated carbocycles. The van der Waals surface area contributed by atoms with E-state index in [4.69, 9.17) is 9.47 Å². The van der Waals surface area contributed by atoms with Gasteiger partial charge in [-0.3, -0.25) is 9.89 Å². The summed E-state index contributed by atoms with van der Waals surface area (Å²) in [6.07, 6.45) is -3.51. The number of aliphatic imine (C=N–C) groups is 1. The number of likely N-dealkylation sites (tertiary alicyclic amines) is 1. The maximum absolute atomic E-state index is 12.5. The second kappa shape index (κ2) is 12.3. The highest BCUT2D eigenvalue weighted by Crippen LogP contribution is 2.20. The highest BCUT2D eigenvalue weighted by atomic mass is 127. The molecular formula is C18H28F3IN4O2. The number of nitrogens with zero attached hydrogens (tertiary/aromatic N) is 2. The van der Waals surface area contributed by atoms with Gasteiger partial charge in [-0.1, -0.05) is 18.2 Å². The van der Waals surface area contributed by atoms with Crippen molar-refractivity contribution in [1.29, 1.82) is 0 Å². The van der Waals surface area contributed by atoms with Crippen LogP contribution < -0.4 is 15.4 Å². The van der Waals surface area contributed by atoms with E-state index < -0.39 is 12.7 Å². The molecule has 6 nitrogen and oxygen atoms in total. The lowest BCUT2D eigenvalue weighted by Crippen LogP contribution is -2.46. The zero-order valence-corrected chi connectivity index (χ0v) is 18.4. The Bertz CT molecular complexity index is 617. The highest BCUT2D eigenvalue weighted by Gasteiger charge is 2.34. The number of nitrogens with one attached hydrogen (secondary N) is 2. The van der Waals surface area contributed by atoms with Crippen molar-refractivity contribution in [2.75, 3.05) is 46.9 Å². The van der Waals surface area contributed by atoms with Crippen molar-refractivity contribution in [3.63, 3.8) is 0 Å². The van der Waals surface area contributed by atoms with Gasteiger partial charge in [0.15, 0.2) is 5.96 Å². The second-order valence-electron chi connectivity index (χ2n) is 6.34. The van der Waals surface area contributed by atoms with Crippen molar-refractivity contribution in [3.05, 3.63) is 29.8 Å². The van der Waals surface area contributed by atoms with Crippen molar-refractivity contribution < 1.29 is 22.6 Å². The molecule has 2 rings (SSSR count). The zero-order chi connectivity index (χ0) is 19.7. The summed E-state index contributed by atoms with van der Waals surface area (Å²) in [7, 11) is 3.25. The molecule has 1 aromatic rings. The molecular weight excluding hydrogens is 488 g/mol. The molecule has 0 amide bonds. The summed E-state index contributed by atoms with van der Waals surface area (Å²) in [5.41, 5.74) is 0.971. The third-order valence-electron chi connectivity index (χ3n) is 4.23. The number of halogens is 4. The van der Waals surface area contributed by atoms with Crippen molar-refractivity contribution in [3.8, 4) is 5.75 Å². The van der Waals surface area contributed by atoms with Gasteiger partial charge in [0, 0.05) is 38.3 Å². The fourth-order valence-electron chi connectivity index (χ4n) is 2.98. The Morgan fingerprint density at radius 3 is 2.75 bits per heavy atom. The topological polar surface area (TPSA) is 58.1 Å². The first-order chi connectivity index (χ1) is 12.9. The van der Waals surface area contributed by atoms with Crippen LogP contribution >= 0.6 is 24.0 Å². The molecule has 1 aliphatic rings. The Morgan fingerprint density at radius 1 is 1.32 bits per heavy atom. The summed E-state index contributed by atoms with van der Waals surface area (Å²) >= 11 is 0. The summed E-state index contributed by atoms with van der Waals surface area (Å²) in [5.74, 6) is 1.35. The van der Waals surface area contributed by atoms with Gasteiger partial charge < -0.3 is 20.1 Å². The molecule has 0 aromatic heterocycles. The molecule has 1 atom stereocenters. The van der Waals surface area contributed by atoms with Gasteiger partial charge in [0.1, 0.15) is 5.75 Å². The first-order valence-electron chi connectivity index (χ1n) is 8.87. The van der Waals surface area contributed by atoms with E-state index in [0.717, 1.165) is 11.3 Å². The van der Waals surface area contributed by atoms with E-state index >= 15 is 0 Å². The average Bonchev–Trinajstić information content (AvgIpc) is 3.05. The van der Waals surface area contributed by atoms with E-state index in [0.29, 0.717) is 45.2 Å². The van der Waals surface area contributed by atoms with Crippen molar-refractivity contribution in [2.45, 2.75) is 25.2 Å². The number of rotatable bonds is 8. The molecule has 1 unspecified atom stereocenters. The lowest BCUT2D eigenvalue weighted by atomic mass is 10.2. The molecule has 1 fully saturated rings. The predicted octanol–water partition coefficient (Wildman–Crippen LogP) is 2.63. The average molecular weight is 516 g/mol. The minimum Gasteiger partial charge on any atom is -0.496 e. The molecule has 10 heteroatoms. The summed E-state index contributed by atoms with van der Waals surface area (Å²) in [5, 5.41) is 6.28. The fraction of sp³-hybridized carbons (Fsp3) is 0.611. The van der Waals surface area contributed by atoms with Crippen LogP contribution in [0.2, 0.25) is 0 Å². The highest BCUT2D eigenvalue weighted by molar-refractivity contribution is 14.0. The van der Waals surface area contributed by atoms with Gasteiger partial charge >= 0.3 is 6.18 Å². The van der Waals surface area contributed by atoms with E-state index in [2.05, 4.69) is 15.6 Å². The Labute approximate surface area is 180 Å². The van der Waals surface area contributed by atoms with Crippen molar-refractivity contribution >= 4 is 29.9 Å². The van der Waals surface area contributed by atoms with Gasteiger partial charge in [-0.25, -0.2) is 0 Å². The van der Waals surface area contributed by atoms with Crippen LogP contribution in [0.3, 0.4) is 0 Å². The standard InChI is InChI=1S/C18H27F3N4O2.HI/c1-22-17(24-15-7-9-25(11-15)13-18(19,20)21)23-8-10-27-12-14-5-3-4-6-16(14)26-2;/h3-6,15H,7-13H2,1-2H3,(H2,22,23,24);1H. The summed E-state index contributed by atoms with van der Waals surface area (Å²) in [4.78, 5) is 5.52. The van der Waals surface area contributed by atoms with Gasteiger partial charge in [0.25, 0.3) is 0 Å². The molecule has 28 heavy (non-hydrogen) atoms. The number of alkyl halides is 3. The fourth-order valence-corrected chi connectivity index (χ4v) is 2.98. The quantitative estimate of drug-likeness (QED) is 0.241. The largest absolute Gasteiger partial charge is 0.496 e. The van der Waals surface area contributed by atoms with Crippen LogP contribution in [0.25, 0.3) is 0 Å². The number of ether oxygens (including phenoxy) is 2. The van der Waals surface area contributed by atoms with E-state index in [1.807, 2.05) is 24.3 Å². The maximum Gasteiger partial charge on any atom is 0.401 e. The van der Waals surface area contributed by atoms with Crippen LogP contribution in [0.5, 0.6) is 5.75 Å². The third-order valence-corrected chi connectivity index (χ3v) is 4.23. The molecule has 1 aliphatic heterocycles. The van der Waals surface area contributed by atoms with Crippen molar-refractivity contribution in [1.82, 2.24) is 15.5 Å². The SMILES string of the molecule is CN=C(NCCOCc1ccccc1OC)NC1CCN(CC(F)(F)F)C1.I. The van der Waals surface area contributed by atoms with Crippen LogP contribution in [-0.2, 0) is 11.3 Å². The van der Waals surface area contributed by atoms with Crippen LogP contribution in [0, 0.1) is 0 Å². The third kappa shape index (κ3) is 8.82. The second-order valence-corrected chi connectivity index (χ2v) is 6.34. The Balaban J connectivity index is 0.00000392. The molecule has 1 saturated heterocycles. The molecule has 0 radical (unpaired) electrons. The van der Waals surface area contributed by atoms with E-state index in [-0.39, 0.29) is 30.0 Å². The Kier molecular flexibility index (Phi) is 10.9. The monoisotopic (exact) mass is 516 g/mol. The molecule has 0 aliphatic carbocycles. The Hall–Kier alpha value is -1.27. The molecule has 1 heterocycles. The minimum absolute atomic E-state index is 0. The van der Waals surface area contributed by atoms with Crippen LogP contribution in [0.1, 0.15) is 12.0 Å². The van der Waals surface area contributed by atoms with Gasteiger partial charge in [-0.2, -0.15) is 13.2 Å². The Morgan fingerprint density at radius 2 is 2.07 bits per heavy atom. The minimum atomic E-state index is -4.16. The number of para-hydroxylation sites is 1. The van der Waals surface area contributed by atoms with Gasteiger partial charge in [-0.15, -0.1) is 24.0 Å². The van der Waals surface area contributed by atoms with E-state index in [1.165, 1.54) is 4.90 Å².